The Bertz CT molecular complexity index is 1430. The van der Waals surface area contributed by atoms with Gasteiger partial charge in [0.1, 0.15) is 22.2 Å². The van der Waals surface area contributed by atoms with Gasteiger partial charge in [-0.15, -0.1) is 22.7 Å². The molecule has 0 saturated heterocycles. The summed E-state index contributed by atoms with van der Waals surface area (Å²) in [6.07, 6.45) is 3.38. The van der Waals surface area contributed by atoms with E-state index in [-0.39, 0.29) is 30.2 Å². The predicted octanol–water partition coefficient (Wildman–Crippen LogP) is 4.00. The third-order valence-corrected chi connectivity index (χ3v) is 6.25. The van der Waals surface area contributed by atoms with E-state index < -0.39 is 0 Å². The van der Waals surface area contributed by atoms with Crippen LogP contribution in [0.1, 0.15) is 6.42 Å². The fourth-order valence-electron chi connectivity index (χ4n) is 3.18. The first-order valence-electron chi connectivity index (χ1n) is 9.04. The number of halogens is 1. The number of carbonyl (C=O) groups excluding carboxylic acids is 1. The molecule has 0 atom stereocenters. The van der Waals surface area contributed by atoms with Crippen LogP contribution in [0.4, 0.5) is 10.2 Å². The lowest BCUT2D eigenvalue weighted by molar-refractivity contribution is -0.116. The van der Waals surface area contributed by atoms with Gasteiger partial charge in [0.2, 0.25) is 5.91 Å². The van der Waals surface area contributed by atoms with Gasteiger partial charge in [-0.25, -0.2) is 14.4 Å². The highest BCUT2D eigenvalue weighted by Gasteiger charge is 2.17. The second-order valence-corrected chi connectivity index (χ2v) is 8.32. The average Bonchev–Trinajstić information content (AvgIpc) is 3.46. The number of hydrogen-bond donors (Lipinski definition) is 1. The van der Waals surface area contributed by atoms with Gasteiger partial charge in [0.05, 0.1) is 11.7 Å². The molecule has 0 aliphatic rings. The number of nitrogens with one attached hydrogen (secondary N) is 1. The van der Waals surface area contributed by atoms with Gasteiger partial charge >= 0.3 is 0 Å². The Hall–Kier alpha value is -3.37. The van der Waals surface area contributed by atoms with Crippen molar-refractivity contribution >= 4 is 49.6 Å². The number of thiophene rings is 1. The van der Waals surface area contributed by atoms with Crippen LogP contribution in [0.5, 0.6) is 0 Å². The van der Waals surface area contributed by atoms with Gasteiger partial charge in [0.25, 0.3) is 5.56 Å². The van der Waals surface area contributed by atoms with Crippen LogP contribution >= 0.6 is 22.7 Å². The number of thiazole rings is 1. The second kappa shape index (κ2) is 7.47. The van der Waals surface area contributed by atoms with Crippen LogP contribution in [0.3, 0.4) is 0 Å². The maximum Gasteiger partial charge on any atom is 0.262 e. The Morgan fingerprint density at radius 2 is 1.97 bits per heavy atom. The van der Waals surface area contributed by atoms with Crippen LogP contribution in [-0.2, 0) is 11.3 Å². The highest BCUT2D eigenvalue weighted by molar-refractivity contribution is 7.16. The summed E-state index contributed by atoms with van der Waals surface area (Å²) in [6, 6.07) is 7.70. The number of benzene rings is 1. The molecule has 150 valence electrons. The van der Waals surface area contributed by atoms with E-state index in [0.717, 1.165) is 0 Å². The summed E-state index contributed by atoms with van der Waals surface area (Å²) in [6.45, 7) is 0.209. The first-order valence-corrected chi connectivity index (χ1v) is 10.8. The fraction of sp³-hybridized carbons (Fsp3) is 0.100. The molecule has 10 heteroatoms. The van der Waals surface area contributed by atoms with Gasteiger partial charge in [-0.1, -0.05) is 0 Å². The van der Waals surface area contributed by atoms with Crippen molar-refractivity contribution in [2.75, 3.05) is 5.32 Å². The summed E-state index contributed by atoms with van der Waals surface area (Å²) < 4.78 is 16.5. The summed E-state index contributed by atoms with van der Waals surface area (Å²) in [5, 5.41) is 7.14. The molecule has 5 aromatic rings. The number of aryl methyl sites for hydroxylation is 1. The SMILES string of the molecule is O=C(CCn1cnc2sccc2c1=O)Nc1c(-c2ccc(F)cc2)nc2sccn12. The van der Waals surface area contributed by atoms with E-state index in [1.165, 1.54) is 45.7 Å². The third-order valence-electron chi connectivity index (χ3n) is 4.67. The van der Waals surface area contributed by atoms with Crippen LogP contribution in [-0.4, -0.2) is 24.8 Å². The Morgan fingerprint density at radius 1 is 1.13 bits per heavy atom. The second-order valence-electron chi connectivity index (χ2n) is 6.55. The smallest absolute Gasteiger partial charge is 0.262 e. The van der Waals surface area contributed by atoms with E-state index in [2.05, 4.69) is 15.3 Å². The summed E-state index contributed by atoms with van der Waals surface area (Å²) >= 11 is 2.84. The number of anilines is 1. The van der Waals surface area contributed by atoms with E-state index >= 15 is 0 Å². The van der Waals surface area contributed by atoms with Crippen molar-refractivity contribution in [2.24, 2.45) is 0 Å². The average molecular weight is 439 g/mol. The molecule has 4 aromatic heterocycles. The molecule has 0 spiro atoms. The molecule has 1 N–H and O–H groups in total. The Kier molecular flexibility index (Phi) is 4.64. The van der Waals surface area contributed by atoms with E-state index in [1.807, 2.05) is 17.0 Å². The summed E-state index contributed by atoms with van der Waals surface area (Å²) in [4.78, 5) is 35.4. The third kappa shape index (κ3) is 3.29. The Labute approximate surface area is 177 Å². The molecular weight excluding hydrogens is 425 g/mol. The van der Waals surface area contributed by atoms with Crippen LogP contribution in [0.15, 0.2) is 58.4 Å². The minimum absolute atomic E-state index is 0.0947. The van der Waals surface area contributed by atoms with Gasteiger partial charge < -0.3 is 5.32 Å². The number of carbonyl (C=O) groups is 1. The molecule has 7 nitrogen and oxygen atoms in total. The standard InChI is InChI=1S/C20H14FN5O2S2/c21-13-3-1-12(2-4-13)16-17(26-8-10-30-20(26)24-16)23-15(27)5-7-25-11-22-18-14(19(25)28)6-9-29-18/h1-4,6,8-11H,5,7H2,(H,23,27). The maximum absolute atomic E-state index is 13.3. The summed E-state index contributed by atoms with van der Waals surface area (Å²) in [5.74, 6) is -0.0858. The summed E-state index contributed by atoms with van der Waals surface area (Å²) in [5.41, 5.74) is 1.10. The van der Waals surface area contributed by atoms with E-state index in [1.54, 1.807) is 22.6 Å². The molecule has 1 amide bonds. The first-order chi connectivity index (χ1) is 14.6. The monoisotopic (exact) mass is 439 g/mol. The zero-order valence-corrected chi connectivity index (χ0v) is 17.0. The van der Waals surface area contributed by atoms with Gasteiger partial charge in [0.15, 0.2) is 4.96 Å². The zero-order chi connectivity index (χ0) is 20.7. The predicted molar refractivity (Wildman–Crippen MR) is 116 cm³/mol. The minimum Gasteiger partial charge on any atom is -0.310 e. The molecule has 0 aliphatic carbocycles. The number of aromatic nitrogens is 4. The lowest BCUT2D eigenvalue weighted by Crippen LogP contribution is -2.23. The molecule has 4 heterocycles. The van der Waals surface area contributed by atoms with Gasteiger partial charge in [-0.3, -0.25) is 18.6 Å². The zero-order valence-electron chi connectivity index (χ0n) is 15.4. The molecule has 5 rings (SSSR count). The maximum atomic E-state index is 13.3. The molecule has 0 bridgehead atoms. The minimum atomic E-state index is -0.341. The quantitative estimate of drug-likeness (QED) is 0.449. The van der Waals surface area contributed by atoms with Crippen molar-refractivity contribution in [3.63, 3.8) is 0 Å². The topological polar surface area (TPSA) is 81.3 Å². The number of amides is 1. The molecular formula is C20H14FN5O2S2. The van der Waals surface area contributed by atoms with Crippen LogP contribution < -0.4 is 10.9 Å². The molecule has 1 aromatic carbocycles. The molecule has 30 heavy (non-hydrogen) atoms. The highest BCUT2D eigenvalue weighted by Crippen LogP contribution is 2.31. The number of fused-ring (bicyclic) bond motifs is 2. The van der Waals surface area contributed by atoms with Gasteiger partial charge in [-0.05, 0) is 35.7 Å². The van der Waals surface area contributed by atoms with Crippen molar-refractivity contribution in [3.05, 3.63) is 69.8 Å². The van der Waals surface area contributed by atoms with Crippen LogP contribution in [0, 0.1) is 5.82 Å². The molecule has 0 fully saturated rings. The largest absolute Gasteiger partial charge is 0.310 e. The molecule has 0 saturated carbocycles. The van der Waals surface area contributed by atoms with Crippen molar-refractivity contribution < 1.29 is 9.18 Å². The van der Waals surface area contributed by atoms with E-state index in [9.17, 15) is 14.0 Å². The Morgan fingerprint density at radius 3 is 2.80 bits per heavy atom. The van der Waals surface area contributed by atoms with Crippen molar-refractivity contribution in [1.82, 2.24) is 18.9 Å². The lowest BCUT2D eigenvalue weighted by Gasteiger charge is -2.08. The van der Waals surface area contributed by atoms with E-state index in [4.69, 9.17) is 0 Å². The van der Waals surface area contributed by atoms with Gasteiger partial charge in [-0.2, -0.15) is 0 Å². The highest BCUT2D eigenvalue weighted by atomic mass is 32.1. The van der Waals surface area contributed by atoms with Crippen molar-refractivity contribution in [3.8, 4) is 11.3 Å². The van der Waals surface area contributed by atoms with Crippen LogP contribution in [0.25, 0.3) is 26.4 Å². The van der Waals surface area contributed by atoms with Crippen LogP contribution in [0.2, 0.25) is 0 Å². The lowest BCUT2D eigenvalue weighted by atomic mass is 10.1. The van der Waals surface area contributed by atoms with Gasteiger partial charge in [0, 0.05) is 30.1 Å². The fourth-order valence-corrected chi connectivity index (χ4v) is 4.62. The summed E-state index contributed by atoms with van der Waals surface area (Å²) in [7, 11) is 0. The molecule has 0 radical (unpaired) electrons. The van der Waals surface area contributed by atoms with Crippen molar-refractivity contribution in [1.29, 1.82) is 0 Å². The number of rotatable bonds is 5. The first kappa shape index (κ1) is 18.6. The Balaban J connectivity index is 1.39. The number of hydrogen-bond acceptors (Lipinski definition) is 6. The van der Waals surface area contributed by atoms with E-state index in [0.29, 0.717) is 32.3 Å². The molecule has 0 unspecified atom stereocenters. The molecule has 0 aliphatic heterocycles. The van der Waals surface area contributed by atoms with Crippen molar-refractivity contribution in [2.45, 2.75) is 13.0 Å². The number of imidazole rings is 1. The normalized spacial score (nSPS) is 11.4. The number of nitrogens with zero attached hydrogens (tertiary/aromatic N) is 4.